The van der Waals surface area contributed by atoms with Crippen LogP contribution in [0.2, 0.25) is 0 Å². The van der Waals surface area contributed by atoms with Crippen LogP contribution in [-0.4, -0.2) is 34.5 Å². The lowest BCUT2D eigenvalue weighted by Gasteiger charge is -2.33. The molecule has 102 valence electrons. The van der Waals surface area contributed by atoms with E-state index in [-0.39, 0.29) is 12.3 Å². The molecule has 0 aromatic heterocycles. The van der Waals surface area contributed by atoms with Gasteiger partial charge in [-0.15, -0.1) is 0 Å². The lowest BCUT2D eigenvalue weighted by atomic mass is 10.0. The van der Waals surface area contributed by atoms with Gasteiger partial charge in [0.2, 0.25) is 5.91 Å². The lowest BCUT2D eigenvalue weighted by Crippen LogP contribution is -2.48. The summed E-state index contributed by atoms with van der Waals surface area (Å²) in [5.74, 6) is -1.06. The van der Waals surface area contributed by atoms with E-state index >= 15 is 0 Å². The number of hydrogen-bond acceptors (Lipinski definition) is 3. The second kappa shape index (κ2) is 5.73. The van der Waals surface area contributed by atoms with Gasteiger partial charge >= 0.3 is 5.97 Å². The maximum Gasteiger partial charge on any atom is 0.326 e. The van der Waals surface area contributed by atoms with Crippen molar-refractivity contribution in [1.82, 2.24) is 4.90 Å². The summed E-state index contributed by atoms with van der Waals surface area (Å²) in [5, 5.41) is 9.15. The van der Waals surface area contributed by atoms with E-state index in [4.69, 9.17) is 10.8 Å². The molecule has 1 atom stereocenters. The minimum absolute atomic E-state index is 0.141. The third-order valence-corrected chi connectivity index (χ3v) is 3.41. The van der Waals surface area contributed by atoms with Crippen molar-refractivity contribution >= 4 is 17.6 Å². The standard InChI is InChI=1S/C14H18N2O3/c15-11-5-3-4-10(8-11)9-13(17)16-7-2-1-6-12(16)14(18)19/h3-5,8,12H,1-2,6-7,9,15H2,(H,18,19)/t12-/m0/s1. The summed E-state index contributed by atoms with van der Waals surface area (Å²) in [7, 11) is 0. The molecule has 1 saturated heterocycles. The molecule has 1 aromatic rings. The van der Waals surface area contributed by atoms with Crippen LogP contribution in [0.25, 0.3) is 0 Å². The van der Waals surface area contributed by atoms with Crippen LogP contribution in [0.4, 0.5) is 5.69 Å². The summed E-state index contributed by atoms with van der Waals surface area (Å²) >= 11 is 0. The van der Waals surface area contributed by atoms with E-state index in [1.165, 1.54) is 4.90 Å². The summed E-state index contributed by atoms with van der Waals surface area (Å²) in [6, 6.07) is 6.45. The molecule has 0 aliphatic carbocycles. The van der Waals surface area contributed by atoms with Crippen LogP contribution >= 0.6 is 0 Å². The van der Waals surface area contributed by atoms with Gasteiger partial charge in [0.15, 0.2) is 0 Å². The molecule has 0 saturated carbocycles. The Balaban J connectivity index is 2.07. The fourth-order valence-electron chi connectivity index (χ4n) is 2.47. The van der Waals surface area contributed by atoms with Crippen LogP contribution in [0.1, 0.15) is 24.8 Å². The Kier molecular flexibility index (Phi) is 4.04. The molecule has 1 amide bonds. The van der Waals surface area contributed by atoms with E-state index in [0.29, 0.717) is 18.7 Å². The predicted molar refractivity (Wildman–Crippen MR) is 71.5 cm³/mol. The van der Waals surface area contributed by atoms with Gasteiger partial charge in [-0.1, -0.05) is 12.1 Å². The van der Waals surface area contributed by atoms with Crippen LogP contribution < -0.4 is 5.73 Å². The Bertz CT molecular complexity index is 487. The zero-order valence-electron chi connectivity index (χ0n) is 10.7. The highest BCUT2D eigenvalue weighted by molar-refractivity contribution is 5.85. The number of piperidine rings is 1. The van der Waals surface area contributed by atoms with Crippen LogP contribution in [0.5, 0.6) is 0 Å². The number of anilines is 1. The summed E-state index contributed by atoms with van der Waals surface area (Å²) in [4.78, 5) is 24.9. The van der Waals surface area contributed by atoms with Crippen molar-refractivity contribution in [2.45, 2.75) is 31.7 Å². The minimum atomic E-state index is -0.916. The molecular weight excluding hydrogens is 244 g/mol. The lowest BCUT2D eigenvalue weighted by molar-refractivity contribution is -0.151. The first-order valence-corrected chi connectivity index (χ1v) is 6.44. The summed E-state index contributed by atoms with van der Waals surface area (Å²) < 4.78 is 0. The minimum Gasteiger partial charge on any atom is -0.480 e. The van der Waals surface area contributed by atoms with Crippen molar-refractivity contribution < 1.29 is 14.7 Å². The van der Waals surface area contributed by atoms with Gasteiger partial charge in [-0.3, -0.25) is 4.79 Å². The Morgan fingerprint density at radius 2 is 2.16 bits per heavy atom. The molecule has 5 heteroatoms. The number of aliphatic carboxylic acids is 1. The SMILES string of the molecule is Nc1cccc(CC(=O)N2CCCC[C@H]2C(=O)O)c1. The van der Waals surface area contributed by atoms with Crippen molar-refractivity contribution in [3.05, 3.63) is 29.8 Å². The smallest absolute Gasteiger partial charge is 0.326 e. The summed E-state index contributed by atoms with van der Waals surface area (Å²) in [6.07, 6.45) is 2.47. The molecule has 1 fully saturated rings. The maximum atomic E-state index is 12.2. The number of nitrogens with zero attached hydrogens (tertiary/aromatic N) is 1. The molecule has 1 aliphatic rings. The topological polar surface area (TPSA) is 83.6 Å². The monoisotopic (exact) mass is 262 g/mol. The highest BCUT2D eigenvalue weighted by Crippen LogP contribution is 2.19. The van der Waals surface area contributed by atoms with Crippen molar-refractivity contribution in [2.24, 2.45) is 0 Å². The molecule has 3 N–H and O–H groups in total. The van der Waals surface area contributed by atoms with Crippen LogP contribution in [0.15, 0.2) is 24.3 Å². The Hall–Kier alpha value is -2.04. The van der Waals surface area contributed by atoms with Gasteiger partial charge in [-0.05, 0) is 37.0 Å². The number of likely N-dealkylation sites (tertiary alicyclic amines) is 1. The van der Waals surface area contributed by atoms with E-state index in [0.717, 1.165) is 18.4 Å². The number of carboxylic acids is 1. The first-order chi connectivity index (χ1) is 9.08. The third-order valence-electron chi connectivity index (χ3n) is 3.41. The Morgan fingerprint density at radius 1 is 1.37 bits per heavy atom. The molecule has 19 heavy (non-hydrogen) atoms. The Labute approximate surface area is 112 Å². The van der Waals surface area contributed by atoms with Crippen molar-refractivity contribution in [3.8, 4) is 0 Å². The largest absolute Gasteiger partial charge is 0.480 e. The highest BCUT2D eigenvalue weighted by Gasteiger charge is 2.31. The van der Waals surface area contributed by atoms with E-state index in [1.807, 2.05) is 6.07 Å². The van der Waals surface area contributed by atoms with Gasteiger partial charge in [-0.25, -0.2) is 4.79 Å². The molecule has 1 aliphatic heterocycles. The number of hydrogen-bond donors (Lipinski definition) is 2. The van der Waals surface area contributed by atoms with Gasteiger partial charge in [0.05, 0.1) is 6.42 Å². The molecule has 0 bridgehead atoms. The number of benzene rings is 1. The second-order valence-electron chi connectivity index (χ2n) is 4.86. The molecule has 2 rings (SSSR count). The Morgan fingerprint density at radius 3 is 2.84 bits per heavy atom. The fourth-order valence-corrected chi connectivity index (χ4v) is 2.47. The molecule has 0 unspecified atom stereocenters. The maximum absolute atomic E-state index is 12.2. The highest BCUT2D eigenvalue weighted by atomic mass is 16.4. The van der Waals surface area contributed by atoms with Gasteiger partial charge in [0.1, 0.15) is 6.04 Å². The number of rotatable bonds is 3. The average Bonchev–Trinajstić information content (AvgIpc) is 2.38. The van der Waals surface area contributed by atoms with E-state index in [2.05, 4.69) is 0 Å². The number of nitrogens with two attached hydrogens (primary N) is 1. The number of carbonyl (C=O) groups is 2. The molecule has 1 aromatic carbocycles. The van der Waals surface area contributed by atoms with Crippen molar-refractivity contribution in [1.29, 1.82) is 0 Å². The van der Waals surface area contributed by atoms with Gasteiger partial charge < -0.3 is 15.7 Å². The first-order valence-electron chi connectivity index (χ1n) is 6.44. The number of amides is 1. The number of carboxylic acid groups (broad SMARTS) is 1. The summed E-state index contributed by atoms with van der Waals surface area (Å²) in [6.45, 7) is 0.526. The zero-order valence-corrected chi connectivity index (χ0v) is 10.7. The van der Waals surface area contributed by atoms with Crippen molar-refractivity contribution in [2.75, 3.05) is 12.3 Å². The van der Waals surface area contributed by atoms with Gasteiger partial charge in [0, 0.05) is 12.2 Å². The van der Waals surface area contributed by atoms with E-state index in [1.54, 1.807) is 18.2 Å². The van der Waals surface area contributed by atoms with E-state index in [9.17, 15) is 9.59 Å². The normalized spacial score (nSPS) is 19.2. The van der Waals surface area contributed by atoms with Crippen molar-refractivity contribution in [3.63, 3.8) is 0 Å². The molecule has 0 spiro atoms. The molecular formula is C14H18N2O3. The average molecular weight is 262 g/mol. The number of nitrogen functional groups attached to an aromatic ring is 1. The predicted octanol–water partition coefficient (Wildman–Crippen LogP) is 1.28. The van der Waals surface area contributed by atoms with Gasteiger partial charge in [0.25, 0.3) is 0 Å². The third kappa shape index (κ3) is 3.24. The van der Waals surface area contributed by atoms with Crippen LogP contribution in [0, 0.1) is 0 Å². The van der Waals surface area contributed by atoms with Crippen LogP contribution in [0.3, 0.4) is 0 Å². The summed E-state index contributed by atoms with van der Waals surface area (Å²) in [5.41, 5.74) is 7.10. The second-order valence-corrected chi connectivity index (χ2v) is 4.86. The number of carbonyl (C=O) groups excluding carboxylic acids is 1. The van der Waals surface area contributed by atoms with E-state index < -0.39 is 12.0 Å². The zero-order chi connectivity index (χ0) is 13.8. The quantitative estimate of drug-likeness (QED) is 0.804. The molecule has 5 nitrogen and oxygen atoms in total. The van der Waals surface area contributed by atoms with Gasteiger partial charge in [-0.2, -0.15) is 0 Å². The van der Waals surface area contributed by atoms with Crippen LogP contribution in [-0.2, 0) is 16.0 Å². The fraction of sp³-hybridized carbons (Fsp3) is 0.429. The first kappa shape index (κ1) is 13.4. The molecule has 0 radical (unpaired) electrons. The molecule has 1 heterocycles.